The summed E-state index contributed by atoms with van der Waals surface area (Å²) in [5, 5.41) is 34.1. The molecule has 9 rings (SSSR count). The summed E-state index contributed by atoms with van der Waals surface area (Å²) < 4.78 is 83.8. The van der Waals surface area contributed by atoms with E-state index in [-0.39, 0.29) is 110 Å². The first-order valence-electron chi connectivity index (χ1n) is 25.0. The lowest BCUT2D eigenvalue weighted by Gasteiger charge is -2.41. The highest BCUT2D eigenvalue weighted by molar-refractivity contribution is 6.08. The van der Waals surface area contributed by atoms with Crippen molar-refractivity contribution in [1.29, 1.82) is 10.5 Å². The van der Waals surface area contributed by atoms with Crippen molar-refractivity contribution < 1.29 is 64.7 Å². The molecule has 3 N–H and O–H groups in total. The van der Waals surface area contributed by atoms with Gasteiger partial charge in [-0.2, -0.15) is 36.9 Å². The molecule has 4 aromatic rings. The van der Waals surface area contributed by atoms with Crippen molar-refractivity contribution in [3.8, 4) is 12.1 Å². The zero-order valence-corrected chi connectivity index (χ0v) is 41.9. The number of nitrogens with zero attached hydrogens (tertiary/aromatic N) is 8. The first kappa shape index (κ1) is 54.1. The lowest BCUT2D eigenvalue weighted by Crippen LogP contribution is -2.56. The fourth-order valence-electron chi connectivity index (χ4n) is 11.1. The number of benzene rings is 4. The minimum atomic E-state index is -4.75. The van der Waals surface area contributed by atoms with E-state index in [9.17, 15) is 70.7 Å². The van der Waals surface area contributed by atoms with Crippen LogP contribution in [-0.4, -0.2) is 126 Å². The molecule has 0 spiro atoms. The summed E-state index contributed by atoms with van der Waals surface area (Å²) >= 11 is 0. The van der Waals surface area contributed by atoms with Crippen molar-refractivity contribution in [3.63, 3.8) is 0 Å². The second-order valence-corrected chi connectivity index (χ2v) is 20.1. The number of urea groups is 2. The van der Waals surface area contributed by atoms with Gasteiger partial charge in [-0.3, -0.25) is 24.2 Å². The quantitative estimate of drug-likeness (QED) is 0.0796. The number of carbonyl (C=O) groups excluding carboxylic acids is 5. The monoisotopic (exact) mass is 1080 g/mol. The Morgan fingerprint density at radius 3 is 1.53 bits per heavy atom. The van der Waals surface area contributed by atoms with E-state index in [0.717, 1.165) is 46.2 Å². The van der Waals surface area contributed by atoms with Crippen LogP contribution in [0.1, 0.15) is 71.1 Å². The van der Waals surface area contributed by atoms with E-state index in [2.05, 4.69) is 10.6 Å². The summed E-state index contributed by atoms with van der Waals surface area (Å²) in [7, 11) is 1.76. The topological polar surface area (TPSA) is 210 Å². The number of quaternary nitrogens is 1. The second-order valence-electron chi connectivity index (χ2n) is 20.1. The highest BCUT2D eigenvalue weighted by Crippen LogP contribution is 2.43. The zero-order chi connectivity index (χ0) is 55.8. The number of amides is 7. The van der Waals surface area contributed by atoms with Crippen molar-refractivity contribution >= 4 is 47.1 Å². The Labute approximate surface area is 443 Å². The summed E-state index contributed by atoms with van der Waals surface area (Å²) in [6, 6.07) is 20.9. The third kappa shape index (κ3) is 11.0. The molecule has 0 radical (unpaired) electrons. The average Bonchev–Trinajstić information content (AvgIpc) is 3.92. The van der Waals surface area contributed by atoms with Crippen LogP contribution in [-0.2, 0) is 31.5 Å². The maximum atomic E-state index is 14.7. The molecule has 2 unspecified atom stereocenters. The van der Waals surface area contributed by atoms with Crippen molar-refractivity contribution in [2.24, 2.45) is 5.92 Å². The molecule has 4 aromatic carbocycles. The molecular weight excluding hydrogens is 1030 g/mol. The average molecular weight is 1080 g/mol. The Kier molecular flexibility index (Phi) is 14.8. The summed E-state index contributed by atoms with van der Waals surface area (Å²) in [5.41, 5.74) is -0.338. The highest BCUT2D eigenvalue weighted by Gasteiger charge is 2.47. The summed E-state index contributed by atoms with van der Waals surface area (Å²) in [6.07, 6.45) is -8.17. The predicted octanol–water partition coefficient (Wildman–Crippen LogP) is 7.45. The Morgan fingerprint density at radius 1 is 0.692 bits per heavy atom. The number of halogens is 6. The van der Waals surface area contributed by atoms with E-state index >= 15 is 0 Å². The molecular formula is C55H51F6N10O7+. The molecule has 5 aliphatic heterocycles. The molecule has 0 saturated carbocycles. The molecule has 78 heavy (non-hydrogen) atoms. The van der Waals surface area contributed by atoms with Gasteiger partial charge in [0.15, 0.2) is 6.54 Å². The maximum Gasteiger partial charge on any atom is 0.416 e. The van der Waals surface area contributed by atoms with Crippen molar-refractivity contribution in [2.75, 3.05) is 75.8 Å². The third-order valence-corrected chi connectivity index (χ3v) is 14.8. The summed E-state index contributed by atoms with van der Waals surface area (Å²) in [6.45, 7) is 0.232. The van der Waals surface area contributed by atoms with Gasteiger partial charge in [0.2, 0.25) is 5.91 Å². The second kappa shape index (κ2) is 21.4. The largest absolute Gasteiger partial charge is 0.477 e. The van der Waals surface area contributed by atoms with Gasteiger partial charge in [-0.25, -0.2) is 14.4 Å². The molecule has 4 atom stereocenters. The Morgan fingerprint density at radius 2 is 1.13 bits per heavy atom. The number of carboxylic acid groups (broad SMARTS) is 1. The molecule has 5 heterocycles. The van der Waals surface area contributed by atoms with Gasteiger partial charge in [0.25, 0.3) is 11.8 Å². The SMILES string of the molecule is C[N+]1(CC(=O)O)CCCC(C(=O)N(CCCN2CC3=C(C2=O)[C@@H](c2ccc(C#N)cc2)NC(=O)N3c2cccc(C(F)(F)F)c2)CCCN2CC3=C(C2=O)[C@@H](c2ccc(C#N)cc2)NC(=O)N3c2cccc(C(F)(F)F)c2)C1. The standard InChI is InChI=1S/C55H50F6N10O7/c1-71(32-44(72)73)24-4-7-37(31-71)49(74)66(20-5-22-67-29-42-45(50(67)75)47(35-16-12-33(27-62)13-17-35)64-52(77)69(42)40-10-2-8-38(25-40)54(56,57)58)21-6-23-68-30-43-46(51(68)76)48(36-18-14-34(28-63)15-19-36)65-53(78)70(43)41-11-3-9-39(26-41)55(59,60)61/h2-3,8-19,25-26,37,47-48H,4-7,20-24,29-32H2,1H3,(H2-,64,65,72,73,77,78)/p+1/t37?,47-,48-,71?/m1/s1. The smallest absolute Gasteiger partial charge is 0.416 e. The van der Waals surface area contributed by atoms with Crippen LogP contribution in [0.5, 0.6) is 0 Å². The Bertz CT molecular complexity index is 3050. The molecule has 23 heteroatoms. The van der Waals surface area contributed by atoms with Crippen LogP contribution in [0.4, 0.5) is 47.3 Å². The number of nitrogens with one attached hydrogen (secondary N) is 2. The Hall–Kier alpha value is -8.70. The fraction of sp³-hybridized carbons (Fsp3) is 0.345. The molecule has 0 bridgehead atoms. The van der Waals surface area contributed by atoms with Crippen LogP contribution in [0.25, 0.3) is 0 Å². The van der Waals surface area contributed by atoms with Gasteiger partial charge >= 0.3 is 30.4 Å². The van der Waals surface area contributed by atoms with E-state index in [1.165, 1.54) is 46.2 Å². The molecule has 5 aliphatic rings. The first-order chi connectivity index (χ1) is 37.1. The van der Waals surface area contributed by atoms with Crippen LogP contribution in [0.2, 0.25) is 0 Å². The molecule has 0 aromatic heterocycles. The number of likely N-dealkylation sites (N-methyl/N-ethyl adjacent to an activating group) is 1. The number of likely N-dealkylation sites (tertiary alicyclic amines) is 1. The molecule has 7 amide bonds. The normalized spacial score (nSPS) is 21.5. The van der Waals surface area contributed by atoms with Crippen LogP contribution in [0.3, 0.4) is 0 Å². The van der Waals surface area contributed by atoms with E-state index in [4.69, 9.17) is 0 Å². The van der Waals surface area contributed by atoms with Crippen LogP contribution >= 0.6 is 0 Å². The van der Waals surface area contributed by atoms with Gasteiger partial charge in [-0.15, -0.1) is 0 Å². The molecule has 17 nitrogen and oxygen atoms in total. The number of alkyl halides is 6. The van der Waals surface area contributed by atoms with E-state index in [1.54, 1.807) is 36.2 Å². The molecule has 404 valence electrons. The number of nitriles is 2. The number of carbonyl (C=O) groups is 6. The number of hydrogen-bond acceptors (Lipinski definition) is 8. The zero-order valence-electron chi connectivity index (χ0n) is 41.9. The van der Waals surface area contributed by atoms with Crippen LogP contribution in [0.15, 0.2) is 120 Å². The van der Waals surface area contributed by atoms with Gasteiger partial charge in [-0.05, 0) is 97.5 Å². The van der Waals surface area contributed by atoms with Gasteiger partial charge in [-0.1, -0.05) is 36.4 Å². The fourth-order valence-corrected chi connectivity index (χ4v) is 11.1. The van der Waals surface area contributed by atoms with E-state index < -0.39 is 71.3 Å². The van der Waals surface area contributed by atoms with Gasteiger partial charge < -0.3 is 34.9 Å². The number of hydrogen-bond donors (Lipinski definition) is 3. The molecule has 0 aliphatic carbocycles. The third-order valence-electron chi connectivity index (χ3n) is 14.8. The number of carboxylic acids is 1. The number of anilines is 2. The number of aliphatic carboxylic acids is 1. The molecule has 1 saturated heterocycles. The minimum absolute atomic E-state index is 0.00215. The van der Waals surface area contributed by atoms with Gasteiger partial charge in [0.1, 0.15) is 0 Å². The van der Waals surface area contributed by atoms with Crippen LogP contribution in [0, 0.1) is 28.6 Å². The van der Waals surface area contributed by atoms with E-state index in [0.29, 0.717) is 41.6 Å². The lowest BCUT2D eigenvalue weighted by atomic mass is 9.94. The maximum absolute atomic E-state index is 14.7. The lowest BCUT2D eigenvalue weighted by molar-refractivity contribution is -0.909. The first-order valence-corrected chi connectivity index (χ1v) is 25.0. The van der Waals surface area contributed by atoms with Crippen molar-refractivity contribution in [3.05, 3.63) is 153 Å². The van der Waals surface area contributed by atoms with Gasteiger partial charge in [0, 0.05) is 26.2 Å². The van der Waals surface area contributed by atoms with Crippen molar-refractivity contribution in [2.45, 2.75) is 50.1 Å². The number of rotatable bonds is 15. The highest BCUT2D eigenvalue weighted by atomic mass is 19.4. The van der Waals surface area contributed by atoms with Crippen LogP contribution < -0.4 is 20.4 Å². The van der Waals surface area contributed by atoms with E-state index in [1.807, 2.05) is 12.1 Å². The summed E-state index contributed by atoms with van der Waals surface area (Å²) in [4.78, 5) is 90.1. The van der Waals surface area contributed by atoms with Gasteiger partial charge in [0.05, 0.1) is 120 Å². The minimum Gasteiger partial charge on any atom is -0.477 e. The predicted molar refractivity (Wildman–Crippen MR) is 267 cm³/mol. The Balaban J connectivity index is 0.962. The molecule has 1 fully saturated rings. The number of piperidine rings is 1. The van der Waals surface area contributed by atoms with Crippen molar-refractivity contribution in [1.82, 2.24) is 25.3 Å². The summed E-state index contributed by atoms with van der Waals surface area (Å²) in [5.74, 6) is -2.99.